The zero-order valence-corrected chi connectivity index (χ0v) is 22.8. The molecule has 8 nitrogen and oxygen atoms in total. The molecular formula is C30H35N3O5S. The fourth-order valence-corrected chi connectivity index (χ4v) is 6.01. The van der Waals surface area contributed by atoms with Crippen LogP contribution < -0.4 is 16.0 Å². The van der Waals surface area contributed by atoms with Crippen molar-refractivity contribution < 1.29 is 22.7 Å². The smallest absolute Gasteiger partial charge is 0.242 e. The maximum atomic E-state index is 13.1. The maximum Gasteiger partial charge on any atom is 0.242 e. The molecule has 0 spiro atoms. The van der Waals surface area contributed by atoms with E-state index in [4.69, 9.17) is 4.74 Å². The molecule has 3 aromatic rings. The fourth-order valence-electron chi connectivity index (χ4n) is 4.46. The Balaban J connectivity index is 1.39. The van der Waals surface area contributed by atoms with Crippen molar-refractivity contribution in [3.8, 4) is 0 Å². The van der Waals surface area contributed by atoms with Gasteiger partial charge in [0.2, 0.25) is 5.91 Å². The number of aryl methyl sites for hydroxylation is 1. The molecule has 0 saturated carbocycles. The predicted octanol–water partition coefficient (Wildman–Crippen LogP) is 3.25. The van der Waals surface area contributed by atoms with Gasteiger partial charge >= 0.3 is 0 Å². The minimum absolute atomic E-state index is 0.0829. The van der Waals surface area contributed by atoms with Crippen LogP contribution in [0.25, 0.3) is 0 Å². The normalized spacial score (nSPS) is 17.1. The van der Waals surface area contributed by atoms with E-state index in [1.807, 2.05) is 30.3 Å². The van der Waals surface area contributed by atoms with E-state index in [-0.39, 0.29) is 22.3 Å². The number of ether oxygens (including phenoxy) is 1. The van der Waals surface area contributed by atoms with Crippen LogP contribution in [0, 0.1) is 0 Å². The van der Waals surface area contributed by atoms with Gasteiger partial charge in [-0.1, -0.05) is 48.5 Å². The number of Topliss-reactive ketones (excluding diaryl/α,β-unsaturated/α-hetero) is 1. The highest BCUT2D eigenvalue weighted by Gasteiger charge is 2.25. The third-order valence-electron chi connectivity index (χ3n) is 6.66. The number of hydrogen-bond acceptors (Lipinski definition) is 7. The van der Waals surface area contributed by atoms with Gasteiger partial charge in [0.15, 0.2) is 15.6 Å². The van der Waals surface area contributed by atoms with Crippen LogP contribution >= 0.6 is 0 Å². The van der Waals surface area contributed by atoms with E-state index < -0.39 is 28.0 Å². The molecule has 9 heteroatoms. The van der Waals surface area contributed by atoms with Crippen LogP contribution in [0.1, 0.15) is 29.3 Å². The number of sulfone groups is 1. The summed E-state index contributed by atoms with van der Waals surface area (Å²) in [4.78, 5) is 26.0. The highest BCUT2D eigenvalue weighted by atomic mass is 32.2. The SMILES string of the molecule is C[C@H](Nc1ccc(C(=O)C2CNCCO2)cc1)C(=O)N[C@@H](CCc1ccccc1)CS(=O)(=O)c1ccccc1. The molecular weight excluding hydrogens is 514 g/mol. The zero-order chi connectivity index (χ0) is 27.7. The number of anilines is 1. The van der Waals surface area contributed by atoms with Gasteiger partial charge in [-0.05, 0) is 61.7 Å². The molecule has 206 valence electrons. The molecule has 0 aliphatic carbocycles. The molecule has 1 amide bonds. The van der Waals surface area contributed by atoms with E-state index in [0.717, 1.165) is 12.1 Å². The summed E-state index contributed by atoms with van der Waals surface area (Å²) in [5.41, 5.74) is 2.29. The number of hydrogen-bond donors (Lipinski definition) is 3. The van der Waals surface area contributed by atoms with Gasteiger partial charge in [0.1, 0.15) is 12.1 Å². The van der Waals surface area contributed by atoms with Gasteiger partial charge in [0.25, 0.3) is 0 Å². The molecule has 1 aliphatic heterocycles. The Bertz CT molecular complexity index is 1330. The minimum atomic E-state index is -3.60. The molecule has 0 bridgehead atoms. The van der Waals surface area contributed by atoms with Crippen LogP contribution in [0.4, 0.5) is 5.69 Å². The highest BCUT2D eigenvalue weighted by molar-refractivity contribution is 7.91. The first-order valence-corrected chi connectivity index (χ1v) is 14.8. The van der Waals surface area contributed by atoms with Crippen LogP contribution in [0.15, 0.2) is 89.8 Å². The summed E-state index contributed by atoms with van der Waals surface area (Å²) in [5, 5.41) is 9.24. The molecule has 4 rings (SSSR count). The molecule has 3 N–H and O–H groups in total. The average Bonchev–Trinajstić information content (AvgIpc) is 2.97. The largest absolute Gasteiger partial charge is 0.374 e. The lowest BCUT2D eigenvalue weighted by Gasteiger charge is -2.23. The third kappa shape index (κ3) is 8.23. The zero-order valence-electron chi connectivity index (χ0n) is 22.0. The van der Waals surface area contributed by atoms with Crippen LogP contribution in [0.3, 0.4) is 0 Å². The molecule has 1 saturated heterocycles. The maximum absolute atomic E-state index is 13.1. The van der Waals surface area contributed by atoms with Crippen LogP contribution in [0.2, 0.25) is 0 Å². The molecule has 1 fully saturated rings. The second-order valence-electron chi connectivity index (χ2n) is 9.70. The van der Waals surface area contributed by atoms with Crippen LogP contribution in [-0.2, 0) is 25.8 Å². The minimum Gasteiger partial charge on any atom is -0.374 e. The van der Waals surface area contributed by atoms with Crippen molar-refractivity contribution in [1.82, 2.24) is 10.6 Å². The number of carbonyl (C=O) groups is 2. The lowest BCUT2D eigenvalue weighted by atomic mass is 10.0. The number of carbonyl (C=O) groups excluding carboxylic acids is 2. The van der Waals surface area contributed by atoms with Gasteiger partial charge < -0.3 is 20.7 Å². The summed E-state index contributed by atoms with van der Waals surface area (Å²) in [6.45, 7) is 3.44. The van der Waals surface area contributed by atoms with Crippen molar-refractivity contribution in [3.63, 3.8) is 0 Å². The number of nitrogens with one attached hydrogen (secondary N) is 3. The topological polar surface area (TPSA) is 114 Å². The van der Waals surface area contributed by atoms with E-state index in [2.05, 4.69) is 16.0 Å². The van der Waals surface area contributed by atoms with E-state index in [1.54, 1.807) is 61.5 Å². The highest BCUT2D eigenvalue weighted by Crippen LogP contribution is 2.16. The standard InChI is InChI=1S/C30H35N3O5S/c1-22(32-25-16-13-24(14-17-25)29(34)28-20-31-18-19-38-28)30(35)33-26(15-12-23-8-4-2-5-9-23)21-39(36,37)27-10-6-3-7-11-27/h2-11,13-14,16-17,22,26,28,31-32H,12,15,18-21H2,1H3,(H,33,35)/t22-,26-,28?/m0/s1. The lowest BCUT2D eigenvalue weighted by molar-refractivity contribution is -0.122. The molecule has 1 unspecified atom stereocenters. The Kier molecular flexibility index (Phi) is 9.86. The molecule has 3 aromatic carbocycles. The first-order valence-electron chi connectivity index (χ1n) is 13.2. The van der Waals surface area contributed by atoms with Crippen molar-refractivity contribution in [2.24, 2.45) is 0 Å². The molecule has 0 radical (unpaired) electrons. The van der Waals surface area contributed by atoms with Gasteiger partial charge in [-0.25, -0.2) is 8.42 Å². The summed E-state index contributed by atoms with van der Waals surface area (Å²) >= 11 is 0. The summed E-state index contributed by atoms with van der Waals surface area (Å²) in [7, 11) is -3.60. The number of morpholine rings is 1. The average molecular weight is 550 g/mol. The van der Waals surface area contributed by atoms with E-state index >= 15 is 0 Å². The Labute approximate surface area is 230 Å². The quantitative estimate of drug-likeness (QED) is 0.297. The Morgan fingerprint density at radius 1 is 0.974 bits per heavy atom. The van der Waals surface area contributed by atoms with Crippen molar-refractivity contribution >= 4 is 27.2 Å². The van der Waals surface area contributed by atoms with E-state index in [1.165, 1.54) is 0 Å². The Hall–Kier alpha value is -3.53. The summed E-state index contributed by atoms with van der Waals surface area (Å²) in [5.74, 6) is -0.587. The second kappa shape index (κ2) is 13.5. The number of rotatable bonds is 12. The van der Waals surface area contributed by atoms with Crippen molar-refractivity contribution in [1.29, 1.82) is 0 Å². The van der Waals surface area contributed by atoms with Gasteiger partial charge in [0, 0.05) is 30.4 Å². The summed E-state index contributed by atoms with van der Waals surface area (Å²) < 4.78 is 31.7. The lowest BCUT2D eigenvalue weighted by Crippen LogP contribution is -2.46. The molecule has 1 aliphatic rings. The second-order valence-corrected chi connectivity index (χ2v) is 11.7. The monoisotopic (exact) mass is 549 g/mol. The molecule has 0 aromatic heterocycles. The Morgan fingerprint density at radius 3 is 2.28 bits per heavy atom. The van der Waals surface area contributed by atoms with Crippen LogP contribution in [-0.4, -0.2) is 63.7 Å². The van der Waals surface area contributed by atoms with Gasteiger partial charge in [-0.15, -0.1) is 0 Å². The third-order valence-corrected chi connectivity index (χ3v) is 8.49. The number of benzene rings is 3. The fraction of sp³-hybridized carbons (Fsp3) is 0.333. The van der Waals surface area contributed by atoms with E-state index in [9.17, 15) is 18.0 Å². The number of ketones is 1. The number of amides is 1. The molecule has 39 heavy (non-hydrogen) atoms. The van der Waals surface area contributed by atoms with Gasteiger partial charge in [0.05, 0.1) is 17.3 Å². The first kappa shape index (κ1) is 28.5. The van der Waals surface area contributed by atoms with Gasteiger partial charge in [-0.2, -0.15) is 0 Å². The first-order chi connectivity index (χ1) is 18.8. The van der Waals surface area contributed by atoms with Crippen molar-refractivity contribution in [2.75, 3.05) is 30.8 Å². The van der Waals surface area contributed by atoms with E-state index in [0.29, 0.717) is 37.2 Å². The Morgan fingerprint density at radius 2 is 1.64 bits per heavy atom. The predicted molar refractivity (Wildman–Crippen MR) is 152 cm³/mol. The van der Waals surface area contributed by atoms with Gasteiger partial charge in [-0.3, -0.25) is 9.59 Å². The van der Waals surface area contributed by atoms with Crippen molar-refractivity contribution in [2.45, 2.75) is 42.8 Å². The summed E-state index contributed by atoms with van der Waals surface area (Å²) in [6, 6.07) is 23.8. The molecule has 1 heterocycles. The molecule has 3 atom stereocenters. The van der Waals surface area contributed by atoms with Crippen LogP contribution in [0.5, 0.6) is 0 Å². The van der Waals surface area contributed by atoms with Crippen molar-refractivity contribution in [3.05, 3.63) is 96.1 Å². The summed E-state index contributed by atoms with van der Waals surface area (Å²) in [6.07, 6.45) is 0.610.